The highest BCUT2D eigenvalue weighted by molar-refractivity contribution is 5.73. The van der Waals surface area contributed by atoms with Gasteiger partial charge in [-0.1, -0.05) is 0 Å². The first-order valence-corrected chi connectivity index (χ1v) is 4.12. The molecular weight excluding hydrogens is 142 g/mol. The third kappa shape index (κ3) is 2.76. The number of hydrazine groups is 1. The Bertz CT molecular complexity index is 132. The summed E-state index contributed by atoms with van der Waals surface area (Å²) in [7, 11) is 0. The number of amides is 2. The van der Waals surface area contributed by atoms with Crippen molar-refractivity contribution in [1.29, 1.82) is 0 Å². The lowest BCUT2D eigenvalue weighted by Crippen LogP contribution is -2.45. The maximum Gasteiger partial charge on any atom is 0.329 e. The molecule has 0 aromatic heterocycles. The van der Waals surface area contributed by atoms with Crippen LogP contribution in [0.5, 0.6) is 0 Å². The zero-order valence-electron chi connectivity index (χ0n) is 6.89. The second-order valence-electron chi connectivity index (χ2n) is 2.67. The van der Waals surface area contributed by atoms with Crippen LogP contribution < -0.4 is 10.7 Å². The van der Waals surface area contributed by atoms with E-state index in [4.69, 9.17) is 0 Å². The minimum absolute atomic E-state index is 0.0885. The van der Waals surface area contributed by atoms with Gasteiger partial charge in [-0.3, -0.25) is 5.43 Å². The van der Waals surface area contributed by atoms with Gasteiger partial charge in [-0.2, -0.15) is 0 Å². The lowest BCUT2D eigenvalue weighted by Gasteiger charge is -2.15. The summed E-state index contributed by atoms with van der Waals surface area (Å²) in [6, 6.07) is -0.0885. The first-order chi connectivity index (χ1) is 5.33. The van der Waals surface area contributed by atoms with Crippen LogP contribution in [0.3, 0.4) is 0 Å². The molecular formula is C7H15N3O. The first kappa shape index (κ1) is 8.33. The lowest BCUT2D eigenvalue weighted by molar-refractivity contribution is 0.198. The van der Waals surface area contributed by atoms with Crippen molar-refractivity contribution in [3.63, 3.8) is 0 Å². The summed E-state index contributed by atoms with van der Waals surface area (Å²) < 4.78 is 0. The average molecular weight is 157 g/mol. The van der Waals surface area contributed by atoms with Crippen molar-refractivity contribution in [3.8, 4) is 0 Å². The van der Waals surface area contributed by atoms with Crippen LogP contribution in [0.4, 0.5) is 4.79 Å². The zero-order valence-corrected chi connectivity index (χ0v) is 6.89. The van der Waals surface area contributed by atoms with E-state index >= 15 is 0 Å². The third-order valence-corrected chi connectivity index (χ3v) is 1.70. The van der Waals surface area contributed by atoms with E-state index in [1.807, 2.05) is 11.9 Å². The van der Waals surface area contributed by atoms with Crippen LogP contribution in [0.15, 0.2) is 0 Å². The van der Waals surface area contributed by atoms with Crippen molar-refractivity contribution in [2.45, 2.75) is 19.8 Å². The number of nitrogens with one attached hydrogen (secondary N) is 2. The average Bonchev–Trinajstić information content (AvgIpc) is 2.40. The molecule has 0 atom stereocenters. The Hall–Kier alpha value is -0.770. The molecule has 0 aromatic rings. The van der Waals surface area contributed by atoms with Crippen LogP contribution in [-0.2, 0) is 0 Å². The van der Waals surface area contributed by atoms with Gasteiger partial charge in [0.2, 0.25) is 0 Å². The second kappa shape index (κ2) is 4.18. The molecule has 0 aliphatic carbocycles. The fourth-order valence-corrected chi connectivity index (χ4v) is 1.17. The summed E-state index contributed by atoms with van der Waals surface area (Å²) in [6.45, 7) is 4.55. The minimum atomic E-state index is -0.0885. The summed E-state index contributed by atoms with van der Waals surface area (Å²) in [5.74, 6) is 0. The summed E-state index contributed by atoms with van der Waals surface area (Å²) in [6.07, 6.45) is 2.37. The van der Waals surface area contributed by atoms with Crippen molar-refractivity contribution in [2.24, 2.45) is 0 Å². The van der Waals surface area contributed by atoms with Crippen molar-refractivity contribution in [3.05, 3.63) is 0 Å². The van der Waals surface area contributed by atoms with Crippen molar-refractivity contribution in [2.75, 3.05) is 19.6 Å². The molecule has 0 aromatic carbocycles. The van der Waals surface area contributed by atoms with Gasteiger partial charge in [0.25, 0.3) is 0 Å². The van der Waals surface area contributed by atoms with E-state index in [-0.39, 0.29) is 6.03 Å². The van der Waals surface area contributed by atoms with Crippen molar-refractivity contribution in [1.82, 2.24) is 15.8 Å². The Kier molecular flexibility index (Phi) is 3.16. The Morgan fingerprint density at radius 2 is 2.09 bits per heavy atom. The van der Waals surface area contributed by atoms with Crippen LogP contribution >= 0.6 is 0 Å². The fourth-order valence-electron chi connectivity index (χ4n) is 1.17. The topological polar surface area (TPSA) is 44.4 Å². The van der Waals surface area contributed by atoms with Crippen LogP contribution in [0, 0.1) is 0 Å². The number of hydrogen-bond donors (Lipinski definition) is 2. The largest absolute Gasteiger partial charge is 0.337 e. The molecule has 1 fully saturated rings. The molecule has 1 saturated heterocycles. The van der Waals surface area contributed by atoms with E-state index in [9.17, 15) is 4.79 Å². The summed E-state index contributed by atoms with van der Waals surface area (Å²) in [4.78, 5) is 10.9. The number of nitrogens with zero attached hydrogens (tertiary/aromatic N) is 1. The summed E-state index contributed by atoms with van der Waals surface area (Å²) in [5.41, 5.74) is 2.76. The predicted octanol–water partition coefficient (Wildman–Crippen LogP) is 0.316. The molecule has 0 saturated carbocycles. The van der Waals surface area contributed by atoms with Gasteiger partial charge in [-0.25, -0.2) is 9.80 Å². The van der Waals surface area contributed by atoms with Gasteiger partial charge in [0.15, 0.2) is 0 Å². The van der Waals surface area contributed by atoms with Crippen molar-refractivity contribution >= 4 is 6.03 Å². The molecule has 0 unspecified atom stereocenters. The Labute approximate surface area is 66.9 Å². The molecule has 2 amide bonds. The number of carbonyl (C=O) groups is 1. The molecule has 1 rings (SSSR count). The van der Waals surface area contributed by atoms with E-state index < -0.39 is 0 Å². The maximum absolute atomic E-state index is 10.9. The lowest BCUT2D eigenvalue weighted by atomic mass is 10.4. The van der Waals surface area contributed by atoms with Crippen LogP contribution in [0.2, 0.25) is 0 Å². The normalized spacial score (nSPS) is 18.3. The smallest absolute Gasteiger partial charge is 0.329 e. The summed E-state index contributed by atoms with van der Waals surface area (Å²) in [5, 5.41) is 4.63. The SMILES string of the molecule is CCNC(=O)NN1CCCC1. The first-order valence-electron chi connectivity index (χ1n) is 4.12. The monoisotopic (exact) mass is 157 g/mol. The standard InChI is InChI=1S/C7H15N3O/c1-2-8-7(11)9-10-5-3-4-6-10/h2-6H2,1H3,(H2,8,9,11). The molecule has 4 nitrogen and oxygen atoms in total. The predicted molar refractivity (Wildman–Crippen MR) is 43.0 cm³/mol. The van der Waals surface area contributed by atoms with E-state index in [0.29, 0.717) is 6.54 Å². The maximum atomic E-state index is 10.9. The number of urea groups is 1. The Balaban J connectivity index is 2.13. The molecule has 0 bridgehead atoms. The molecule has 0 radical (unpaired) electrons. The van der Waals surface area contributed by atoms with Gasteiger partial charge in [0.05, 0.1) is 0 Å². The van der Waals surface area contributed by atoms with E-state index in [0.717, 1.165) is 13.1 Å². The van der Waals surface area contributed by atoms with Gasteiger partial charge in [-0.05, 0) is 19.8 Å². The molecule has 2 N–H and O–H groups in total. The molecule has 64 valence electrons. The van der Waals surface area contributed by atoms with Crippen LogP contribution in [0.25, 0.3) is 0 Å². The highest BCUT2D eigenvalue weighted by atomic mass is 16.2. The highest BCUT2D eigenvalue weighted by Gasteiger charge is 2.12. The van der Waals surface area contributed by atoms with E-state index in [1.54, 1.807) is 0 Å². The molecule has 1 aliphatic rings. The second-order valence-corrected chi connectivity index (χ2v) is 2.67. The molecule has 0 spiro atoms. The molecule has 11 heavy (non-hydrogen) atoms. The van der Waals surface area contributed by atoms with E-state index in [2.05, 4.69) is 10.7 Å². The fraction of sp³-hybridized carbons (Fsp3) is 0.857. The van der Waals surface area contributed by atoms with Crippen molar-refractivity contribution < 1.29 is 4.79 Å². The third-order valence-electron chi connectivity index (χ3n) is 1.70. The number of rotatable bonds is 2. The van der Waals surface area contributed by atoms with Gasteiger partial charge in [0, 0.05) is 19.6 Å². The quantitative estimate of drug-likeness (QED) is 0.606. The molecule has 1 heterocycles. The van der Waals surface area contributed by atoms with E-state index in [1.165, 1.54) is 12.8 Å². The zero-order chi connectivity index (χ0) is 8.10. The Morgan fingerprint density at radius 3 is 2.64 bits per heavy atom. The highest BCUT2D eigenvalue weighted by Crippen LogP contribution is 2.02. The van der Waals surface area contributed by atoms with Crippen LogP contribution in [-0.4, -0.2) is 30.7 Å². The van der Waals surface area contributed by atoms with Gasteiger partial charge >= 0.3 is 6.03 Å². The summed E-state index contributed by atoms with van der Waals surface area (Å²) >= 11 is 0. The van der Waals surface area contributed by atoms with Gasteiger partial charge < -0.3 is 5.32 Å². The number of hydrogen-bond acceptors (Lipinski definition) is 2. The molecule has 1 aliphatic heterocycles. The number of carbonyl (C=O) groups excluding carboxylic acids is 1. The van der Waals surface area contributed by atoms with Gasteiger partial charge in [0.1, 0.15) is 0 Å². The minimum Gasteiger partial charge on any atom is -0.337 e. The van der Waals surface area contributed by atoms with Gasteiger partial charge in [-0.15, -0.1) is 0 Å². The Morgan fingerprint density at radius 1 is 1.45 bits per heavy atom. The van der Waals surface area contributed by atoms with Crippen LogP contribution in [0.1, 0.15) is 19.8 Å². The molecule has 4 heteroatoms.